The maximum Gasteiger partial charge on any atom is 0.141 e. The summed E-state index contributed by atoms with van der Waals surface area (Å²) in [5, 5.41) is 14.4. The van der Waals surface area contributed by atoms with E-state index < -0.39 is 7.92 Å². The van der Waals surface area contributed by atoms with Crippen molar-refractivity contribution in [2.24, 2.45) is 4.99 Å². The van der Waals surface area contributed by atoms with Crippen LogP contribution in [0.1, 0.15) is 5.56 Å². The van der Waals surface area contributed by atoms with Crippen molar-refractivity contribution < 1.29 is 5.11 Å². The Labute approximate surface area is 176 Å². The lowest BCUT2D eigenvalue weighted by molar-refractivity contribution is 0.477. The Bertz CT molecular complexity index is 1090. The minimum Gasteiger partial charge on any atom is -0.506 e. The van der Waals surface area contributed by atoms with Crippen LogP contribution in [0.25, 0.3) is 0 Å². The molecule has 4 aromatic rings. The highest BCUT2D eigenvalue weighted by atomic mass is 35.5. The van der Waals surface area contributed by atoms with E-state index in [1.54, 1.807) is 18.2 Å². The summed E-state index contributed by atoms with van der Waals surface area (Å²) in [5.74, 6) is 0.108. The van der Waals surface area contributed by atoms with Gasteiger partial charge in [-0.15, -0.1) is 0 Å². The predicted molar refractivity (Wildman–Crippen MR) is 126 cm³/mol. The van der Waals surface area contributed by atoms with Gasteiger partial charge in [-0.05, 0) is 42.0 Å². The molecule has 0 aliphatic heterocycles. The average Bonchev–Trinajstić information content (AvgIpc) is 2.77. The Hall–Kier alpha value is -2.93. The predicted octanol–water partition coefficient (Wildman–Crippen LogP) is 5.55. The third kappa shape index (κ3) is 4.56. The summed E-state index contributed by atoms with van der Waals surface area (Å²) < 4.78 is 0. The Kier molecular flexibility index (Phi) is 6.05. The lowest BCUT2D eigenvalue weighted by atomic mass is 10.2. The summed E-state index contributed by atoms with van der Waals surface area (Å²) in [4.78, 5) is 4.52. The molecule has 0 aliphatic rings. The fraction of sp³-hybridized carbons (Fsp3) is 0. The van der Waals surface area contributed by atoms with Crippen molar-refractivity contribution in [3.63, 3.8) is 0 Å². The van der Waals surface area contributed by atoms with Gasteiger partial charge in [0.1, 0.15) is 11.4 Å². The summed E-state index contributed by atoms with van der Waals surface area (Å²) >= 11 is 6.06. The highest BCUT2D eigenvalue weighted by molar-refractivity contribution is 7.80. The first-order chi connectivity index (χ1) is 14.2. The molecule has 0 fully saturated rings. The molecule has 0 unspecified atom stereocenters. The van der Waals surface area contributed by atoms with Gasteiger partial charge in [-0.25, -0.2) is 0 Å². The van der Waals surface area contributed by atoms with Gasteiger partial charge in [0.25, 0.3) is 0 Å². The van der Waals surface area contributed by atoms with E-state index in [4.69, 9.17) is 11.6 Å². The van der Waals surface area contributed by atoms with Gasteiger partial charge in [-0.3, -0.25) is 4.99 Å². The van der Waals surface area contributed by atoms with Crippen LogP contribution in [0.15, 0.2) is 108 Å². The van der Waals surface area contributed by atoms with Gasteiger partial charge in [0, 0.05) is 16.8 Å². The third-order valence-electron chi connectivity index (χ3n) is 4.49. The second-order valence-corrected chi connectivity index (χ2v) is 9.08. The van der Waals surface area contributed by atoms with Crippen LogP contribution in [-0.2, 0) is 0 Å². The molecule has 142 valence electrons. The average molecular weight is 416 g/mol. The molecule has 4 aromatic carbocycles. The Balaban J connectivity index is 1.81. The van der Waals surface area contributed by atoms with Crippen LogP contribution < -0.4 is 15.9 Å². The molecule has 0 spiro atoms. The van der Waals surface area contributed by atoms with Gasteiger partial charge in [-0.2, -0.15) is 0 Å². The summed E-state index contributed by atoms with van der Waals surface area (Å²) in [6.45, 7) is 0. The monoisotopic (exact) mass is 415 g/mol. The zero-order chi connectivity index (χ0) is 20.1. The molecule has 29 heavy (non-hydrogen) atoms. The molecule has 2 nitrogen and oxygen atoms in total. The van der Waals surface area contributed by atoms with Crippen molar-refractivity contribution in [3.8, 4) is 5.75 Å². The Morgan fingerprint density at radius 3 is 1.97 bits per heavy atom. The number of hydrogen-bond acceptors (Lipinski definition) is 2. The van der Waals surface area contributed by atoms with E-state index in [0.29, 0.717) is 10.7 Å². The molecule has 0 amide bonds. The first-order valence-corrected chi connectivity index (χ1v) is 11.0. The molecule has 0 radical (unpaired) electrons. The van der Waals surface area contributed by atoms with Crippen molar-refractivity contribution in [2.45, 2.75) is 0 Å². The molecule has 0 aliphatic carbocycles. The van der Waals surface area contributed by atoms with Gasteiger partial charge in [0.05, 0.1) is 0 Å². The zero-order valence-electron chi connectivity index (χ0n) is 15.6. The van der Waals surface area contributed by atoms with Crippen LogP contribution in [0.2, 0.25) is 5.02 Å². The number of phenolic OH excluding ortho intramolecular Hbond substituents is 1. The standard InChI is InChI=1S/C25H19ClNOP/c26-20-15-16-24(28)23(17-20)27-18-19-9-7-8-14-25(19)29(21-10-3-1-4-11-21)22-12-5-2-6-13-22/h1-18,28H. The van der Waals surface area contributed by atoms with Gasteiger partial charge < -0.3 is 5.11 Å². The van der Waals surface area contributed by atoms with E-state index in [1.165, 1.54) is 15.9 Å². The maximum absolute atomic E-state index is 10.1. The largest absolute Gasteiger partial charge is 0.506 e. The van der Waals surface area contributed by atoms with E-state index in [1.807, 2.05) is 24.4 Å². The number of hydrogen-bond donors (Lipinski definition) is 1. The number of aromatic hydroxyl groups is 1. The summed E-state index contributed by atoms with van der Waals surface area (Å²) in [6.07, 6.45) is 1.81. The SMILES string of the molecule is Oc1ccc(Cl)cc1N=Cc1ccccc1P(c1ccccc1)c1ccccc1. The van der Waals surface area contributed by atoms with Crippen LogP contribution >= 0.6 is 19.5 Å². The highest BCUT2D eigenvalue weighted by Crippen LogP contribution is 2.34. The fourth-order valence-electron chi connectivity index (χ4n) is 3.12. The molecule has 0 aromatic heterocycles. The minimum atomic E-state index is -0.741. The van der Waals surface area contributed by atoms with Gasteiger partial charge in [0.2, 0.25) is 0 Å². The van der Waals surface area contributed by atoms with Crippen LogP contribution in [0.3, 0.4) is 0 Å². The van der Waals surface area contributed by atoms with E-state index in [9.17, 15) is 5.11 Å². The fourth-order valence-corrected chi connectivity index (χ4v) is 5.71. The highest BCUT2D eigenvalue weighted by Gasteiger charge is 2.18. The first-order valence-electron chi connectivity index (χ1n) is 9.24. The molecule has 0 heterocycles. The van der Waals surface area contributed by atoms with Gasteiger partial charge >= 0.3 is 0 Å². The van der Waals surface area contributed by atoms with E-state index >= 15 is 0 Å². The second kappa shape index (κ2) is 9.05. The lowest BCUT2D eigenvalue weighted by Crippen LogP contribution is -2.23. The normalized spacial score (nSPS) is 11.2. The smallest absolute Gasteiger partial charge is 0.141 e. The quantitative estimate of drug-likeness (QED) is 0.336. The van der Waals surface area contributed by atoms with Crippen molar-refractivity contribution in [1.29, 1.82) is 0 Å². The van der Waals surface area contributed by atoms with E-state index in [2.05, 4.69) is 71.7 Å². The van der Waals surface area contributed by atoms with Crippen LogP contribution in [-0.4, -0.2) is 11.3 Å². The van der Waals surface area contributed by atoms with Gasteiger partial charge in [-0.1, -0.05) is 96.5 Å². The number of phenols is 1. The zero-order valence-corrected chi connectivity index (χ0v) is 17.3. The third-order valence-corrected chi connectivity index (χ3v) is 7.24. The summed E-state index contributed by atoms with van der Waals surface area (Å²) in [6, 6.07) is 34.2. The molecule has 0 bridgehead atoms. The van der Waals surface area contributed by atoms with E-state index in [0.717, 1.165) is 5.56 Å². The van der Waals surface area contributed by atoms with Crippen molar-refractivity contribution in [2.75, 3.05) is 0 Å². The Morgan fingerprint density at radius 2 is 1.31 bits per heavy atom. The van der Waals surface area contributed by atoms with E-state index in [-0.39, 0.29) is 5.75 Å². The number of benzene rings is 4. The lowest BCUT2D eigenvalue weighted by Gasteiger charge is -2.21. The minimum absolute atomic E-state index is 0.108. The maximum atomic E-state index is 10.1. The molecule has 0 saturated heterocycles. The molecule has 0 saturated carbocycles. The number of aliphatic imine (C=N–C) groups is 1. The number of halogens is 1. The van der Waals surface area contributed by atoms with Crippen molar-refractivity contribution in [3.05, 3.63) is 114 Å². The molecule has 4 heteroatoms. The summed E-state index contributed by atoms with van der Waals surface area (Å²) in [7, 11) is -0.741. The van der Waals surface area contributed by atoms with Crippen molar-refractivity contribution in [1.82, 2.24) is 0 Å². The molecule has 4 rings (SSSR count). The topological polar surface area (TPSA) is 32.6 Å². The summed E-state index contributed by atoms with van der Waals surface area (Å²) in [5.41, 5.74) is 1.47. The van der Waals surface area contributed by atoms with Crippen molar-refractivity contribution >= 4 is 47.3 Å². The molecular formula is C25H19ClNOP. The second-order valence-electron chi connectivity index (χ2n) is 6.46. The van der Waals surface area contributed by atoms with Crippen LogP contribution in [0.4, 0.5) is 5.69 Å². The number of nitrogens with zero attached hydrogens (tertiary/aromatic N) is 1. The molecule has 0 atom stereocenters. The van der Waals surface area contributed by atoms with Gasteiger partial charge in [0.15, 0.2) is 0 Å². The first kappa shape index (κ1) is 19.4. The Morgan fingerprint density at radius 1 is 0.724 bits per heavy atom. The van der Waals surface area contributed by atoms with Crippen LogP contribution in [0.5, 0.6) is 5.75 Å². The number of rotatable bonds is 5. The van der Waals surface area contributed by atoms with Crippen LogP contribution in [0, 0.1) is 0 Å². The molecule has 1 N–H and O–H groups in total. The molecular weight excluding hydrogens is 397 g/mol.